The Morgan fingerprint density at radius 2 is 0.904 bits per heavy atom. The number of Topliss-reactive ketones (excluding diaryl/α,β-unsaturated/α-hetero) is 1. The topological polar surface area (TPSA) is 194 Å². The van der Waals surface area contributed by atoms with E-state index in [-0.39, 0.29) is 23.0 Å². The number of hydrogen-bond donors (Lipinski definition) is 2. The van der Waals surface area contributed by atoms with Crippen molar-refractivity contribution in [3.63, 3.8) is 0 Å². The highest BCUT2D eigenvalue weighted by atomic mass is 16.4. The summed E-state index contributed by atoms with van der Waals surface area (Å²) in [4.78, 5) is 54.1. The van der Waals surface area contributed by atoms with Crippen LogP contribution < -0.4 is 0 Å². The van der Waals surface area contributed by atoms with Crippen LogP contribution in [0.3, 0.4) is 0 Å². The highest BCUT2D eigenvalue weighted by Crippen LogP contribution is 2.39. The lowest BCUT2D eigenvalue weighted by molar-refractivity contribution is -0.138. The molecule has 2 aliphatic rings. The molecule has 0 spiro atoms. The second-order valence-electron chi connectivity index (χ2n) is 30.8. The number of hydrogen-bond acceptors (Lipinski definition) is 11. The van der Waals surface area contributed by atoms with Crippen LogP contribution in [0.5, 0.6) is 0 Å². The number of nitrogens with zero attached hydrogens (tertiary/aromatic N) is 10. The van der Waals surface area contributed by atoms with Crippen molar-refractivity contribution in [2.45, 2.75) is 319 Å². The molecule has 0 radical (unpaired) electrons. The van der Waals surface area contributed by atoms with Crippen LogP contribution in [0.25, 0.3) is 0 Å². The maximum atomic E-state index is 12.0. The summed E-state index contributed by atoms with van der Waals surface area (Å²) in [5.74, 6) is 15.8. The van der Waals surface area contributed by atoms with Gasteiger partial charge >= 0.3 is 0 Å². The number of ketones is 1. The third-order valence-corrected chi connectivity index (χ3v) is 16.9. The van der Waals surface area contributed by atoms with Gasteiger partial charge in [-0.05, 0) is 68.9 Å². The number of amides is 1. The summed E-state index contributed by atoms with van der Waals surface area (Å²) in [7, 11) is 4.16. The maximum Gasteiger partial charge on any atom is 0.229 e. The fourth-order valence-corrected chi connectivity index (χ4v) is 9.71. The van der Waals surface area contributed by atoms with Gasteiger partial charge in [-0.1, -0.05) is 215 Å². The first-order valence-electron chi connectivity index (χ1n) is 35.6. The summed E-state index contributed by atoms with van der Waals surface area (Å²) in [5, 5.41) is 7.75. The van der Waals surface area contributed by atoms with E-state index in [4.69, 9.17) is 8.83 Å². The number of oxazole rings is 1. The minimum atomic E-state index is -0.107. The zero-order valence-electron chi connectivity index (χ0n) is 66.2. The number of aromatic nitrogens is 9. The van der Waals surface area contributed by atoms with E-state index in [2.05, 4.69) is 294 Å². The number of furan rings is 1. The van der Waals surface area contributed by atoms with E-state index in [0.717, 1.165) is 47.8 Å². The van der Waals surface area contributed by atoms with E-state index in [1.807, 2.05) is 51.2 Å². The molecule has 1 atom stereocenters. The molecule has 532 valence electrons. The van der Waals surface area contributed by atoms with E-state index in [1.165, 1.54) is 40.1 Å². The van der Waals surface area contributed by atoms with Gasteiger partial charge in [0.15, 0.2) is 5.89 Å². The molecule has 1 fully saturated rings. The smallest absolute Gasteiger partial charge is 0.229 e. The largest absolute Gasteiger partial charge is 0.466 e. The fraction of sp³-hybridized carbons (Fsp3) is 0.705. The average molecular weight is 1310 g/mol. The first kappa shape index (κ1) is 85.8. The van der Waals surface area contributed by atoms with Crippen LogP contribution in [0.1, 0.15) is 381 Å². The van der Waals surface area contributed by atoms with E-state index in [0.29, 0.717) is 100 Å². The molecule has 0 bridgehead atoms. The molecule has 1 saturated heterocycles. The van der Waals surface area contributed by atoms with E-state index in [9.17, 15) is 9.59 Å². The summed E-state index contributed by atoms with van der Waals surface area (Å²) >= 11 is 0. The Kier molecular flexibility index (Phi) is 36.3. The summed E-state index contributed by atoms with van der Waals surface area (Å²) in [6.07, 6.45) is 8.82. The van der Waals surface area contributed by atoms with Crippen molar-refractivity contribution in [2.24, 2.45) is 47.5 Å². The van der Waals surface area contributed by atoms with Crippen molar-refractivity contribution in [1.82, 2.24) is 48.9 Å². The highest BCUT2D eigenvalue weighted by molar-refractivity contribution is 6.68. The number of nitrogens with one attached hydrogen (secondary N) is 2. The van der Waals surface area contributed by atoms with Crippen LogP contribution >= 0.6 is 0 Å². The standard InChI is InChI=1S/C11H20N2.C11H21NO.C10H18N2.C10H16O.C9H14N2O.2C9H16N2.C9H15NO/c1-7(2)10-9(5)13(6)11(12-10)8(3)4;1-8(2)11(5)6-7-12(9(3)4)10(11)13;1-7(2)9-6-12(5)10(11-9)8(3)4;1-7(2)9-5-6-10(11-9)8(3)4;1-5(2)7-9(12)8(6(3)4)11-10-7;3*1-6(2)8-5-10-9(11-8)7(3)4/h7-8H,1-6H3;8-9H,6-7H2,1-5H3;6-8H,1-5H3;5-8H,1-4H3;5-6H,1-4H3;2*5-7H,1-4H3,(H,10,11);5-7H,1-4H3. The van der Waals surface area contributed by atoms with Gasteiger partial charge in [0, 0.05) is 122 Å². The molecule has 16 heteroatoms. The highest BCUT2D eigenvalue weighted by Gasteiger charge is 2.45. The summed E-state index contributed by atoms with van der Waals surface area (Å²) < 4.78 is 15.4. The molecule has 6 aromatic rings. The van der Waals surface area contributed by atoms with Gasteiger partial charge in [0.1, 0.15) is 52.0 Å². The van der Waals surface area contributed by atoms with Gasteiger partial charge < -0.3 is 32.8 Å². The molecular weight excluding hydrogens is 1170 g/mol. The van der Waals surface area contributed by atoms with Gasteiger partial charge in [0.25, 0.3) is 0 Å². The Balaban J connectivity index is 0.000000538. The Hall–Kier alpha value is -6.19. The number of likely N-dealkylation sites (tertiary alicyclic amines) is 1. The predicted molar refractivity (Wildman–Crippen MR) is 397 cm³/mol. The zero-order chi connectivity index (χ0) is 72.7. The first-order chi connectivity index (χ1) is 43.3. The minimum Gasteiger partial charge on any atom is -0.466 e. The van der Waals surface area contributed by atoms with E-state index < -0.39 is 0 Å². The molecule has 6 aromatic heterocycles. The van der Waals surface area contributed by atoms with Crippen molar-refractivity contribution in [2.75, 3.05) is 6.54 Å². The second-order valence-corrected chi connectivity index (χ2v) is 30.8. The van der Waals surface area contributed by atoms with Gasteiger partial charge in [-0.3, -0.25) is 9.59 Å². The van der Waals surface area contributed by atoms with E-state index in [1.54, 1.807) is 0 Å². The van der Waals surface area contributed by atoms with Gasteiger partial charge in [-0.2, -0.15) is 10.2 Å². The third-order valence-electron chi connectivity index (χ3n) is 16.9. The second kappa shape index (κ2) is 39.8. The lowest BCUT2D eigenvalue weighted by Gasteiger charge is -2.28. The van der Waals surface area contributed by atoms with Gasteiger partial charge in [0.2, 0.25) is 11.7 Å². The summed E-state index contributed by atoms with van der Waals surface area (Å²) in [6.45, 7) is 73.1. The van der Waals surface area contributed by atoms with Crippen LogP contribution in [0.4, 0.5) is 0 Å². The molecule has 0 aromatic carbocycles. The quantitative estimate of drug-likeness (QED) is 0.0948. The lowest BCUT2D eigenvalue weighted by atomic mass is 9.78. The van der Waals surface area contributed by atoms with Crippen LogP contribution in [-0.2, 0) is 23.7 Å². The van der Waals surface area contributed by atoms with Crippen molar-refractivity contribution in [1.29, 1.82) is 0 Å². The van der Waals surface area contributed by atoms with Crippen LogP contribution in [-0.4, -0.2) is 84.6 Å². The Morgan fingerprint density at radius 3 is 1.11 bits per heavy atom. The van der Waals surface area contributed by atoms with Crippen molar-refractivity contribution >= 4 is 23.1 Å². The molecule has 1 amide bonds. The lowest BCUT2D eigenvalue weighted by Crippen LogP contribution is -2.39. The number of rotatable bonds is 16. The normalized spacial score (nSPS) is 14.7. The number of carbonyl (C=O) groups excluding carboxylic acids is 2. The first-order valence-corrected chi connectivity index (χ1v) is 35.6. The molecule has 0 saturated carbocycles. The third kappa shape index (κ3) is 26.4. The number of imidazole rings is 4. The fourth-order valence-electron chi connectivity index (χ4n) is 9.71. The molecule has 2 N–H and O–H groups in total. The molecule has 94 heavy (non-hydrogen) atoms. The Bertz CT molecular complexity index is 2840. The predicted octanol–water partition coefficient (Wildman–Crippen LogP) is 21.4. The average Bonchev–Trinajstić information content (AvgIpc) is 1.61. The molecule has 16 nitrogen and oxygen atoms in total. The van der Waals surface area contributed by atoms with Gasteiger partial charge in [0.05, 0.1) is 23.0 Å². The molecule has 8 heterocycles. The zero-order valence-corrected chi connectivity index (χ0v) is 66.2. The van der Waals surface area contributed by atoms with Gasteiger partial charge in [-0.25, -0.2) is 24.9 Å². The molecule has 2 aliphatic heterocycles. The SMILES string of the molecule is CC(C)C1=NN=C(C(C)C)C1=O.CC(C)N1CCC(C)(C(C)C)C1=O.CC(C)c1ccc(C(C)C)o1.CC(C)c1cn(C)c(C(C)C)n1.CC(C)c1cnc(C(C)C)[nH]1.CC(C)c1cnc(C(C)C)[nH]1.CC(C)c1cnc(C(C)C)o1.Cc1c(C(C)C)nc(C(C)C)n1C. The molecule has 0 aliphatic carbocycles. The van der Waals surface area contributed by atoms with Crippen LogP contribution in [0.2, 0.25) is 0 Å². The van der Waals surface area contributed by atoms with Crippen molar-refractivity contribution in [3.8, 4) is 0 Å². The molecule has 8 rings (SSSR count). The summed E-state index contributed by atoms with van der Waals surface area (Å²) in [6, 6.07) is 4.49. The number of H-pyrrole nitrogens is 2. The number of carbonyl (C=O) groups is 2. The molecule has 1 unspecified atom stereocenters. The number of aryl methyl sites for hydroxylation is 1. The van der Waals surface area contributed by atoms with Crippen molar-refractivity contribution < 1.29 is 18.4 Å². The monoisotopic (exact) mass is 1310 g/mol. The van der Waals surface area contributed by atoms with Crippen molar-refractivity contribution in [3.05, 3.63) is 112 Å². The number of aromatic amines is 2. The Labute approximate surface area is 572 Å². The summed E-state index contributed by atoms with van der Waals surface area (Å²) in [5.41, 5.74) is 7.29. The Morgan fingerprint density at radius 1 is 0.468 bits per heavy atom. The molecular formula is C78H136N12O4. The maximum absolute atomic E-state index is 12.0. The van der Waals surface area contributed by atoms with Crippen LogP contribution in [0.15, 0.2) is 56.0 Å². The van der Waals surface area contributed by atoms with Crippen LogP contribution in [0, 0.1) is 30.1 Å². The van der Waals surface area contributed by atoms with E-state index >= 15 is 0 Å². The minimum absolute atomic E-state index is 0.0278. The van der Waals surface area contributed by atoms with Gasteiger partial charge in [-0.15, -0.1) is 0 Å².